The van der Waals surface area contributed by atoms with Gasteiger partial charge >= 0.3 is 6.18 Å². The van der Waals surface area contributed by atoms with Crippen molar-refractivity contribution in [1.82, 2.24) is 0 Å². The van der Waals surface area contributed by atoms with Crippen molar-refractivity contribution in [2.24, 2.45) is 5.73 Å². The van der Waals surface area contributed by atoms with Crippen molar-refractivity contribution in [2.45, 2.75) is 25.1 Å². The third-order valence-electron chi connectivity index (χ3n) is 2.58. The lowest BCUT2D eigenvalue weighted by atomic mass is 10.0. The second kappa shape index (κ2) is 7.45. The number of hydrogen-bond donors (Lipinski definition) is 1. The summed E-state index contributed by atoms with van der Waals surface area (Å²) in [6.07, 6.45) is -5.36. The van der Waals surface area contributed by atoms with Gasteiger partial charge in [-0.2, -0.15) is 13.2 Å². The Hall–Kier alpha value is -1.14. The first kappa shape index (κ1) is 17.9. The maximum Gasteiger partial charge on any atom is 0.389 e. The molecule has 3 nitrogen and oxygen atoms in total. The summed E-state index contributed by atoms with van der Waals surface area (Å²) in [5, 5.41) is 0. The molecule has 0 aliphatic carbocycles. The highest BCUT2D eigenvalue weighted by atomic mass is 35.5. The van der Waals surface area contributed by atoms with Crippen LogP contribution in [-0.4, -0.2) is 20.4 Å². The van der Waals surface area contributed by atoms with Crippen LogP contribution in [0.4, 0.5) is 13.2 Å². The van der Waals surface area contributed by atoms with Gasteiger partial charge in [-0.3, -0.25) is 0 Å². The number of ether oxygens (including phenoxy) is 2. The summed E-state index contributed by atoms with van der Waals surface area (Å²) >= 11 is 0. The van der Waals surface area contributed by atoms with E-state index in [4.69, 9.17) is 15.2 Å². The summed E-state index contributed by atoms with van der Waals surface area (Å²) in [7, 11) is 2.88. The summed E-state index contributed by atoms with van der Waals surface area (Å²) in [6, 6.07) is 4.20. The lowest BCUT2D eigenvalue weighted by molar-refractivity contribution is -0.136. The normalized spacial score (nSPS) is 12.5. The molecule has 0 bridgehead atoms. The monoisotopic (exact) mass is 299 g/mol. The summed E-state index contributed by atoms with van der Waals surface area (Å²) in [5.41, 5.74) is 6.26. The van der Waals surface area contributed by atoms with E-state index in [1.54, 1.807) is 18.2 Å². The second-order valence-electron chi connectivity index (χ2n) is 3.84. The Morgan fingerprint density at radius 2 is 1.63 bits per heavy atom. The zero-order chi connectivity index (χ0) is 13.8. The quantitative estimate of drug-likeness (QED) is 0.905. The number of alkyl halides is 3. The summed E-state index contributed by atoms with van der Waals surface area (Å²) in [6.45, 7) is 0. The van der Waals surface area contributed by atoms with Crippen LogP contribution in [0.15, 0.2) is 18.2 Å². The Bertz CT molecular complexity index is 377. The Labute approximate surface area is 116 Å². The number of hydrogen-bond acceptors (Lipinski definition) is 3. The number of methoxy groups -OCH3 is 2. The third-order valence-corrected chi connectivity index (χ3v) is 2.58. The molecule has 110 valence electrons. The molecule has 0 saturated heterocycles. The zero-order valence-electron chi connectivity index (χ0n) is 10.7. The van der Waals surface area contributed by atoms with Crippen LogP contribution in [0.25, 0.3) is 0 Å². The first-order valence-electron chi connectivity index (χ1n) is 5.42. The first-order valence-corrected chi connectivity index (χ1v) is 5.42. The van der Waals surface area contributed by atoms with Crippen LogP contribution in [0.1, 0.15) is 24.4 Å². The summed E-state index contributed by atoms with van der Waals surface area (Å²) in [5.74, 6) is 0.869. The molecular formula is C12H17ClF3NO2. The maximum atomic E-state index is 12.2. The van der Waals surface area contributed by atoms with Crippen LogP contribution in [-0.2, 0) is 0 Å². The second-order valence-corrected chi connectivity index (χ2v) is 3.84. The van der Waals surface area contributed by atoms with Gasteiger partial charge in [0.25, 0.3) is 0 Å². The zero-order valence-corrected chi connectivity index (χ0v) is 11.5. The van der Waals surface area contributed by atoms with Crippen LogP contribution >= 0.6 is 12.4 Å². The Morgan fingerprint density at radius 3 is 2.00 bits per heavy atom. The van der Waals surface area contributed by atoms with E-state index in [0.717, 1.165) is 0 Å². The molecule has 0 fully saturated rings. The predicted octanol–water partition coefficient (Wildman–Crippen LogP) is 3.47. The highest BCUT2D eigenvalue weighted by Gasteiger charge is 2.29. The van der Waals surface area contributed by atoms with Crippen molar-refractivity contribution < 1.29 is 22.6 Å². The van der Waals surface area contributed by atoms with Crippen molar-refractivity contribution in [1.29, 1.82) is 0 Å². The van der Waals surface area contributed by atoms with Crippen LogP contribution in [0, 0.1) is 0 Å². The van der Waals surface area contributed by atoms with Gasteiger partial charge in [-0.05, 0) is 18.6 Å². The summed E-state index contributed by atoms with van der Waals surface area (Å²) < 4.78 is 46.7. The Balaban J connectivity index is 0.00000324. The minimum Gasteiger partial charge on any atom is -0.496 e. The standard InChI is InChI=1S/C12H16F3NO2.ClH/c1-17-9-4-3-5-10(18-2)11(9)8(16)6-7-12(13,14)15;/h3-5,8H,6-7,16H2,1-2H3;1H/t8-;/m1./s1. The van der Waals surface area contributed by atoms with E-state index in [9.17, 15) is 13.2 Å². The molecule has 2 N–H and O–H groups in total. The van der Waals surface area contributed by atoms with Gasteiger partial charge in [0, 0.05) is 12.5 Å². The molecule has 0 heterocycles. The fourth-order valence-corrected chi connectivity index (χ4v) is 1.71. The van der Waals surface area contributed by atoms with E-state index in [2.05, 4.69) is 0 Å². The van der Waals surface area contributed by atoms with Crippen LogP contribution in [0.5, 0.6) is 11.5 Å². The van der Waals surface area contributed by atoms with Crippen LogP contribution in [0.2, 0.25) is 0 Å². The molecule has 1 aromatic carbocycles. The van der Waals surface area contributed by atoms with Crippen molar-refractivity contribution in [3.63, 3.8) is 0 Å². The third kappa shape index (κ3) is 5.16. The average Bonchev–Trinajstić information content (AvgIpc) is 2.33. The lowest BCUT2D eigenvalue weighted by Gasteiger charge is -2.19. The highest BCUT2D eigenvalue weighted by molar-refractivity contribution is 5.85. The molecule has 7 heteroatoms. The molecule has 1 rings (SSSR count). The molecule has 0 aromatic heterocycles. The molecule has 0 radical (unpaired) electrons. The first-order chi connectivity index (χ1) is 8.39. The molecular weight excluding hydrogens is 283 g/mol. The van der Waals surface area contributed by atoms with Gasteiger partial charge in [0.05, 0.1) is 19.8 Å². The Kier molecular flexibility index (Phi) is 7.00. The topological polar surface area (TPSA) is 44.5 Å². The highest BCUT2D eigenvalue weighted by Crippen LogP contribution is 2.36. The number of rotatable bonds is 5. The van der Waals surface area contributed by atoms with E-state index in [0.29, 0.717) is 17.1 Å². The molecule has 0 aliphatic rings. The van der Waals surface area contributed by atoms with E-state index in [-0.39, 0.29) is 18.8 Å². The van der Waals surface area contributed by atoms with E-state index < -0.39 is 18.6 Å². The smallest absolute Gasteiger partial charge is 0.389 e. The van der Waals surface area contributed by atoms with Crippen LogP contribution in [0.3, 0.4) is 0 Å². The fourth-order valence-electron chi connectivity index (χ4n) is 1.71. The molecule has 0 aliphatic heterocycles. The molecule has 0 amide bonds. The maximum absolute atomic E-state index is 12.2. The SMILES string of the molecule is COc1cccc(OC)c1[C@H](N)CCC(F)(F)F.Cl. The van der Waals surface area contributed by atoms with Crippen molar-refractivity contribution in [3.8, 4) is 11.5 Å². The number of nitrogens with two attached hydrogens (primary N) is 1. The molecule has 0 saturated carbocycles. The summed E-state index contributed by atoms with van der Waals surface area (Å²) in [4.78, 5) is 0. The number of halogens is 4. The fraction of sp³-hybridized carbons (Fsp3) is 0.500. The van der Waals surface area contributed by atoms with E-state index in [1.165, 1.54) is 14.2 Å². The van der Waals surface area contributed by atoms with E-state index in [1.807, 2.05) is 0 Å². The average molecular weight is 300 g/mol. The van der Waals surface area contributed by atoms with Crippen LogP contribution < -0.4 is 15.2 Å². The van der Waals surface area contributed by atoms with Gasteiger partial charge in [-0.25, -0.2) is 0 Å². The number of benzene rings is 1. The van der Waals surface area contributed by atoms with E-state index >= 15 is 0 Å². The molecule has 1 aromatic rings. The molecule has 0 unspecified atom stereocenters. The predicted molar refractivity (Wildman–Crippen MR) is 69.0 cm³/mol. The largest absolute Gasteiger partial charge is 0.496 e. The van der Waals surface area contributed by atoms with Crippen molar-refractivity contribution in [3.05, 3.63) is 23.8 Å². The minimum absolute atomic E-state index is 0. The molecule has 1 atom stereocenters. The van der Waals surface area contributed by atoms with Gasteiger partial charge in [0.2, 0.25) is 0 Å². The van der Waals surface area contributed by atoms with Gasteiger partial charge in [-0.15, -0.1) is 12.4 Å². The van der Waals surface area contributed by atoms with Crippen molar-refractivity contribution in [2.75, 3.05) is 14.2 Å². The lowest BCUT2D eigenvalue weighted by Crippen LogP contribution is -2.17. The minimum atomic E-state index is -4.22. The molecule has 0 spiro atoms. The van der Waals surface area contributed by atoms with Gasteiger partial charge in [-0.1, -0.05) is 6.07 Å². The van der Waals surface area contributed by atoms with Crippen molar-refractivity contribution >= 4 is 12.4 Å². The van der Waals surface area contributed by atoms with Gasteiger partial charge in [0.1, 0.15) is 11.5 Å². The Morgan fingerprint density at radius 1 is 1.16 bits per heavy atom. The van der Waals surface area contributed by atoms with Gasteiger partial charge in [0.15, 0.2) is 0 Å². The van der Waals surface area contributed by atoms with Gasteiger partial charge < -0.3 is 15.2 Å². The molecule has 19 heavy (non-hydrogen) atoms.